The van der Waals surface area contributed by atoms with Crippen molar-refractivity contribution in [1.82, 2.24) is 0 Å². The van der Waals surface area contributed by atoms with Gasteiger partial charge < -0.3 is 5.11 Å². The lowest BCUT2D eigenvalue weighted by Crippen LogP contribution is -1.93. The molecule has 2 heteroatoms. The molecule has 2 rings (SSSR count). The lowest BCUT2D eigenvalue weighted by atomic mass is 10.0. The summed E-state index contributed by atoms with van der Waals surface area (Å²) in [5.41, 5.74) is 5.00. The van der Waals surface area contributed by atoms with Crippen LogP contribution in [-0.4, -0.2) is 5.11 Å². The molecule has 0 atom stereocenters. The molecule has 0 aliphatic carbocycles. The van der Waals surface area contributed by atoms with Crippen molar-refractivity contribution in [2.75, 3.05) is 0 Å². The fourth-order valence-electron chi connectivity index (χ4n) is 1.96. The maximum Gasteiger partial charge on any atom is 0.0692 e. The lowest BCUT2D eigenvalue weighted by molar-refractivity contribution is 0.281. The van der Waals surface area contributed by atoms with Crippen LogP contribution in [0.3, 0.4) is 0 Å². The molecular weight excluding hydrogens is 335 g/mol. The molecular formula is C16H17IO. The third kappa shape index (κ3) is 3.33. The molecule has 0 saturated carbocycles. The van der Waals surface area contributed by atoms with Gasteiger partial charge in [-0.3, -0.25) is 0 Å². The summed E-state index contributed by atoms with van der Waals surface area (Å²) >= 11 is 2.28. The van der Waals surface area contributed by atoms with E-state index in [0.717, 1.165) is 22.0 Å². The second kappa shape index (κ2) is 6.34. The maximum absolute atomic E-state index is 9.15. The van der Waals surface area contributed by atoms with E-state index < -0.39 is 0 Å². The van der Waals surface area contributed by atoms with Gasteiger partial charge in [-0.05, 0) is 63.8 Å². The molecule has 0 fully saturated rings. The summed E-state index contributed by atoms with van der Waals surface area (Å²) in [7, 11) is 0. The van der Waals surface area contributed by atoms with Crippen LogP contribution in [0, 0.1) is 3.57 Å². The minimum absolute atomic E-state index is 0.115. The highest BCUT2D eigenvalue weighted by Crippen LogP contribution is 2.17. The van der Waals surface area contributed by atoms with E-state index in [4.69, 9.17) is 5.11 Å². The predicted molar refractivity (Wildman–Crippen MR) is 83.7 cm³/mol. The highest BCUT2D eigenvalue weighted by atomic mass is 127. The van der Waals surface area contributed by atoms with Crippen molar-refractivity contribution in [3.05, 3.63) is 68.3 Å². The zero-order valence-electron chi connectivity index (χ0n) is 10.5. The second-order valence-corrected chi connectivity index (χ2v) is 5.59. The highest BCUT2D eigenvalue weighted by molar-refractivity contribution is 14.1. The fourth-order valence-corrected chi connectivity index (χ4v) is 2.71. The van der Waals surface area contributed by atoms with Gasteiger partial charge in [0.2, 0.25) is 0 Å². The molecule has 18 heavy (non-hydrogen) atoms. The molecule has 0 unspecified atom stereocenters. The summed E-state index contributed by atoms with van der Waals surface area (Å²) in [5.74, 6) is 0. The van der Waals surface area contributed by atoms with E-state index >= 15 is 0 Å². The fraction of sp³-hybridized carbons (Fsp3) is 0.250. The van der Waals surface area contributed by atoms with Crippen LogP contribution in [0.4, 0.5) is 0 Å². The highest BCUT2D eigenvalue weighted by Gasteiger charge is 2.02. The van der Waals surface area contributed by atoms with E-state index in [2.05, 4.69) is 65.9 Å². The zero-order chi connectivity index (χ0) is 13.0. The van der Waals surface area contributed by atoms with Crippen LogP contribution in [0.25, 0.3) is 0 Å². The molecule has 0 spiro atoms. The third-order valence-electron chi connectivity index (χ3n) is 3.13. The molecule has 0 heterocycles. The van der Waals surface area contributed by atoms with Gasteiger partial charge in [0.15, 0.2) is 0 Å². The third-order valence-corrected chi connectivity index (χ3v) is 4.13. The first kappa shape index (κ1) is 13.6. The number of hydrogen-bond donors (Lipinski definition) is 1. The van der Waals surface area contributed by atoms with Crippen molar-refractivity contribution >= 4 is 22.6 Å². The number of hydrogen-bond acceptors (Lipinski definition) is 1. The number of benzene rings is 2. The van der Waals surface area contributed by atoms with E-state index in [1.807, 2.05) is 6.07 Å². The van der Waals surface area contributed by atoms with Crippen molar-refractivity contribution in [2.45, 2.75) is 26.4 Å². The zero-order valence-corrected chi connectivity index (χ0v) is 12.6. The van der Waals surface area contributed by atoms with Gasteiger partial charge in [-0.25, -0.2) is 0 Å². The summed E-state index contributed by atoms with van der Waals surface area (Å²) in [6.07, 6.45) is 2.04. The Morgan fingerprint density at radius 1 is 0.944 bits per heavy atom. The first-order valence-electron chi connectivity index (χ1n) is 6.19. The smallest absolute Gasteiger partial charge is 0.0692 e. The van der Waals surface area contributed by atoms with Crippen molar-refractivity contribution in [3.63, 3.8) is 0 Å². The van der Waals surface area contributed by atoms with Gasteiger partial charge in [0.05, 0.1) is 6.61 Å². The van der Waals surface area contributed by atoms with E-state index in [1.54, 1.807) is 0 Å². The van der Waals surface area contributed by atoms with E-state index in [-0.39, 0.29) is 6.61 Å². The summed E-state index contributed by atoms with van der Waals surface area (Å²) in [5, 5.41) is 9.15. The van der Waals surface area contributed by atoms with E-state index in [9.17, 15) is 0 Å². The van der Waals surface area contributed by atoms with Crippen LogP contribution in [0.2, 0.25) is 0 Å². The summed E-state index contributed by atoms with van der Waals surface area (Å²) in [4.78, 5) is 0. The van der Waals surface area contributed by atoms with Crippen LogP contribution < -0.4 is 0 Å². The molecule has 2 aromatic carbocycles. The Kier molecular flexibility index (Phi) is 4.78. The quantitative estimate of drug-likeness (QED) is 0.827. The van der Waals surface area contributed by atoms with Crippen molar-refractivity contribution in [3.8, 4) is 0 Å². The van der Waals surface area contributed by atoms with Gasteiger partial charge in [0, 0.05) is 3.57 Å². The first-order chi connectivity index (χ1) is 8.72. The summed E-state index contributed by atoms with van der Waals surface area (Å²) in [6.45, 7) is 2.29. The second-order valence-electron chi connectivity index (χ2n) is 4.43. The minimum Gasteiger partial charge on any atom is -0.392 e. The molecule has 0 aromatic heterocycles. The predicted octanol–water partition coefficient (Wildman–Crippen LogP) is 3.94. The Morgan fingerprint density at radius 3 is 2.11 bits per heavy atom. The van der Waals surface area contributed by atoms with Crippen LogP contribution in [0.15, 0.2) is 42.5 Å². The van der Waals surface area contributed by atoms with Crippen molar-refractivity contribution in [2.24, 2.45) is 0 Å². The van der Waals surface area contributed by atoms with E-state index in [1.165, 1.54) is 16.7 Å². The molecule has 1 nitrogen and oxygen atoms in total. The molecule has 0 aliphatic heterocycles. The average Bonchev–Trinajstić information content (AvgIpc) is 2.40. The molecule has 1 N–H and O–H groups in total. The Balaban J connectivity index is 2.15. The van der Waals surface area contributed by atoms with Crippen LogP contribution in [0.1, 0.15) is 29.2 Å². The topological polar surface area (TPSA) is 20.2 Å². The van der Waals surface area contributed by atoms with Gasteiger partial charge in [-0.2, -0.15) is 0 Å². The van der Waals surface area contributed by atoms with Gasteiger partial charge in [0.25, 0.3) is 0 Å². The minimum atomic E-state index is 0.115. The van der Waals surface area contributed by atoms with Crippen LogP contribution in [0.5, 0.6) is 0 Å². The first-order valence-corrected chi connectivity index (χ1v) is 7.26. The molecule has 94 valence electrons. The molecule has 2 aromatic rings. The van der Waals surface area contributed by atoms with Crippen molar-refractivity contribution < 1.29 is 5.11 Å². The Morgan fingerprint density at radius 2 is 1.56 bits per heavy atom. The van der Waals surface area contributed by atoms with Crippen LogP contribution in [-0.2, 0) is 19.4 Å². The van der Waals surface area contributed by atoms with Gasteiger partial charge in [-0.1, -0.05) is 43.3 Å². The normalized spacial score (nSPS) is 10.6. The molecule has 0 saturated heterocycles. The number of aliphatic hydroxyl groups excluding tert-OH is 1. The lowest BCUT2D eigenvalue weighted by Gasteiger charge is -2.06. The molecule has 0 amide bonds. The number of halogens is 1. The largest absolute Gasteiger partial charge is 0.392 e. The van der Waals surface area contributed by atoms with Crippen LogP contribution >= 0.6 is 22.6 Å². The monoisotopic (exact) mass is 352 g/mol. The Hall–Kier alpha value is -0.870. The Bertz CT molecular complexity index is 517. The molecule has 0 bridgehead atoms. The summed E-state index contributed by atoms with van der Waals surface area (Å²) < 4.78 is 1.14. The average molecular weight is 352 g/mol. The van der Waals surface area contributed by atoms with Gasteiger partial charge in [0.1, 0.15) is 0 Å². The standard InChI is InChI=1S/C16H17IO/c1-2-12-3-5-13(6-4-12)9-14-7-8-15(11-18)16(17)10-14/h3-8,10,18H,2,9,11H2,1H3. The number of aryl methyl sites for hydroxylation is 1. The van der Waals surface area contributed by atoms with Crippen molar-refractivity contribution in [1.29, 1.82) is 0 Å². The van der Waals surface area contributed by atoms with E-state index in [0.29, 0.717) is 0 Å². The molecule has 0 radical (unpaired) electrons. The maximum atomic E-state index is 9.15. The summed E-state index contributed by atoms with van der Waals surface area (Å²) in [6, 6.07) is 15.1. The number of aliphatic hydroxyl groups is 1. The van der Waals surface area contributed by atoms with Gasteiger partial charge in [-0.15, -0.1) is 0 Å². The van der Waals surface area contributed by atoms with Gasteiger partial charge >= 0.3 is 0 Å². The SMILES string of the molecule is CCc1ccc(Cc2ccc(CO)c(I)c2)cc1. The Labute approximate surface area is 122 Å². The number of rotatable bonds is 4. The molecule has 0 aliphatic rings.